The molecule has 0 atom stereocenters. The minimum atomic E-state index is -0.316. The second-order valence-electron chi connectivity index (χ2n) is 9.22. The SMILES string of the molecule is COc1cc(N(Cc2ccc(F)cc2)C(=O)NCCCn2cncc2C)ccc1OCCCCN(C)C. The number of unbranched alkanes of at least 4 members (excludes halogenated alkanes) is 1. The van der Waals surface area contributed by atoms with Crippen molar-refractivity contribution in [3.8, 4) is 11.5 Å². The summed E-state index contributed by atoms with van der Waals surface area (Å²) in [5.41, 5.74) is 2.55. The first kappa shape index (κ1) is 28.0. The topological polar surface area (TPSA) is 71.9 Å². The van der Waals surface area contributed by atoms with E-state index < -0.39 is 0 Å². The van der Waals surface area contributed by atoms with Crippen LogP contribution in [0.15, 0.2) is 55.0 Å². The summed E-state index contributed by atoms with van der Waals surface area (Å²) in [6, 6.07) is 11.4. The van der Waals surface area contributed by atoms with Crippen LogP contribution in [0.2, 0.25) is 0 Å². The molecule has 0 aliphatic heterocycles. The van der Waals surface area contributed by atoms with E-state index in [-0.39, 0.29) is 18.4 Å². The number of halogens is 1. The van der Waals surface area contributed by atoms with Gasteiger partial charge in [-0.2, -0.15) is 0 Å². The van der Waals surface area contributed by atoms with Crippen molar-refractivity contribution in [3.63, 3.8) is 0 Å². The van der Waals surface area contributed by atoms with Gasteiger partial charge in [0.25, 0.3) is 0 Å². The molecule has 0 aliphatic rings. The van der Waals surface area contributed by atoms with Crippen LogP contribution in [-0.4, -0.2) is 61.4 Å². The van der Waals surface area contributed by atoms with Crippen LogP contribution in [0.5, 0.6) is 11.5 Å². The molecular weight excluding hydrogens is 473 g/mol. The third-order valence-electron chi connectivity index (χ3n) is 5.99. The number of urea groups is 1. The molecule has 0 saturated carbocycles. The normalized spacial score (nSPS) is 11.0. The summed E-state index contributed by atoms with van der Waals surface area (Å²) in [5, 5.41) is 3.01. The number of carbonyl (C=O) groups excluding carboxylic acids is 1. The summed E-state index contributed by atoms with van der Waals surface area (Å²) in [6.45, 7) is 5.13. The quantitative estimate of drug-likeness (QED) is 0.313. The van der Waals surface area contributed by atoms with Crippen LogP contribution in [0.3, 0.4) is 0 Å². The minimum Gasteiger partial charge on any atom is -0.493 e. The fraction of sp³-hybridized carbons (Fsp3) is 0.429. The zero-order valence-electron chi connectivity index (χ0n) is 22.2. The number of benzene rings is 2. The van der Waals surface area contributed by atoms with Crippen LogP contribution in [0.25, 0.3) is 0 Å². The number of nitrogens with zero attached hydrogens (tertiary/aromatic N) is 4. The number of anilines is 1. The lowest BCUT2D eigenvalue weighted by atomic mass is 10.2. The predicted molar refractivity (Wildman–Crippen MR) is 144 cm³/mol. The second kappa shape index (κ2) is 14.2. The van der Waals surface area contributed by atoms with Crippen molar-refractivity contribution < 1.29 is 18.7 Å². The van der Waals surface area contributed by atoms with Crippen LogP contribution in [-0.2, 0) is 13.1 Å². The Labute approximate surface area is 219 Å². The molecule has 2 amide bonds. The minimum absolute atomic E-state index is 0.244. The van der Waals surface area contributed by atoms with Crippen LogP contribution in [0.1, 0.15) is 30.5 Å². The molecule has 8 nitrogen and oxygen atoms in total. The van der Waals surface area contributed by atoms with E-state index in [4.69, 9.17) is 9.47 Å². The maximum atomic E-state index is 13.5. The first-order valence-electron chi connectivity index (χ1n) is 12.6. The molecule has 1 heterocycles. The third kappa shape index (κ3) is 8.78. The summed E-state index contributed by atoms with van der Waals surface area (Å²) < 4.78 is 27.0. The molecule has 200 valence electrons. The number of nitrogens with one attached hydrogen (secondary N) is 1. The number of amides is 2. The molecular formula is C28H38FN5O3. The van der Waals surface area contributed by atoms with Crippen LogP contribution < -0.4 is 19.7 Å². The van der Waals surface area contributed by atoms with Gasteiger partial charge in [-0.05, 0) is 76.7 Å². The van der Waals surface area contributed by atoms with Crippen molar-refractivity contribution in [2.24, 2.45) is 0 Å². The Morgan fingerprint density at radius 2 is 1.86 bits per heavy atom. The zero-order valence-corrected chi connectivity index (χ0v) is 22.2. The average molecular weight is 512 g/mol. The molecule has 0 fully saturated rings. The Morgan fingerprint density at radius 1 is 1.08 bits per heavy atom. The number of hydrogen-bond donors (Lipinski definition) is 1. The van der Waals surface area contributed by atoms with Gasteiger partial charge in [0.05, 0.1) is 26.6 Å². The first-order chi connectivity index (χ1) is 17.9. The third-order valence-corrected chi connectivity index (χ3v) is 5.99. The van der Waals surface area contributed by atoms with E-state index in [1.807, 2.05) is 29.8 Å². The van der Waals surface area contributed by atoms with E-state index in [0.29, 0.717) is 30.3 Å². The Hall–Kier alpha value is -3.59. The highest BCUT2D eigenvalue weighted by atomic mass is 19.1. The second-order valence-corrected chi connectivity index (χ2v) is 9.22. The van der Waals surface area contributed by atoms with Gasteiger partial charge in [0.1, 0.15) is 5.82 Å². The molecule has 0 radical (unpaired) electrons. The number of rotatable bonds is 14. The highest BCUT2D eigenvalue weighted by Gasteiger charge is 2.18. The molecule has 1 aromatic heterocycles. The van der Waals surface area contributed by atoms with E-state index in [1.54, 1.807) is 36.5 Å². The number of hydrogen-bond acceptors (Lipinski definition) is 5. The number of carbonyl (C=O) groups is 1. The van der Waals surface area contributed by atoms with Gasteiger partial charge >= 0.3 is 6.03 Å². The monoisotopic (exact) mass is 511 g/mol. The van der Waals surface area contributed by atoms with Gasteiger partial charge in [-0.3, -0.25) is 4.90 Å². The van der Waals surface area contributed by atoms with Crippen molar-refractivity contribution in [2.45, 2.75) is 39.3 Å². The fourth-order valence-electron chi connectivity index (χ4n) is 3.87. The Kier molecular flexibility index (Phi) is 10.8. The molecule has 0 bridgehead atoms. The molecule has 0 saturated heterocycles. The van der Waals surface area contributed by atoms with Gasteiger partial charge in [0, 0.05) is 36.7 Å². The van der Waals surface area contributed by atoms with Crippen molar-refractivity contribution in [1.82, 2.24) is 19.8 Å². The summed E-state index contributed by atoms with van der Waals surface area (Å²) in [6.07, 6.45) is 6.33. The predicted octanol–water partition coefficient (Wildman–Crippen LogP) is 4.87. The number of ether oxygens (including phenoxy) is 2. The zero-order chi connectivity index (χ0) is 26.6. The van der Waals surface area contributed by atoms with E-state index in [9.17, 15) is 9.18 Å². The maximum absolute atomic E-state index is 13.5. The van der Waals surface area contributed by atoms with E-state index in [0.717, 1.165) is 43.6 Å². The molecule has 0 unspecified atom stereocenters. The molecule has 9 heteroatoms. The number of imidazole rings is 1. The van der Waals surface area contributed by atoms with Crippen molar-refractivity contribution >= 4 is 11.7 Å². The number of aryl methyl sites for hydroxylation is 2. The maximum Gasteiger partial charge on any atom is 0.322 e. The largest absolute Gasteiger partial charge is 0.493 e. The number of methoxy groups -OCH3 is 1. The van der Waals surface area contributed by atoms with Crippen molar-refractivity contribution in [3.05, 3.63) is 72.1 Å². The molecule has 3 aromatic rings. The molecule has 1 N–H and O–H groups in total. The lowest BCUT2D eigenvalue weighted by molar-refractivity contribution is 0.245. The highest BCUT2D eigenvalue weighted by molar-refractivity contribution is 5.92. The Bertz CT molecular complexity index is 1120. The summed E-state index contributed by atoms with van der Waals surface area (Å²) in [4.78, 5) is 21.2. The van der Waals surface area contributed by atoms with Gasteiger partial charge in [-0.15, -0.1) is 0 Å². The van der Waals surface area contributed by atoms with E-state index in [2.05, 4.69) is 29.3 Å². The molecule has 2 aromatic carbocycles. The Morgan fingerprint density at radius 3 is 2.54 bits per heavy atom. The van der Waals surface area contributed by atoms with Gasteiger partial charge in [-0.1, -0.05) is 12.1 Å². The summed E-state index contributed by atoms with van der Waals surface area (Å²) >= 11 is 0. The van der Waals surface area contributed by atoms with Gasteiger partial charge in [-0.25, -0.2) is 14.2 Å². The Balaban J connectivity index is 1.68. The lowest BCUT2D eigenvalue weighted by Crippen LogP contribution is -2.40. The van der Waals surface area contributed by atoms with Crippen LogP contribution in [0.4, 0.5) is 14.9 Å². The number of aromatic nitrogens is 2. The van der Waals surface area contributed by atoms with Gasteiger partial charge < -0.3 is 24.3 Å². The molecule has 37 heavy (non-hydrogen) atoms. The summed E-state index contributed by atoms with van der Waals surface area (Å²) in [5.74, 6) is 0.870. The molecule has 3 rings (SSSR count). The van der Waals surface area contributed by atoms with Crippen molar-refractivity contribution in [1.29, 1.82) is 0 Å². The molecule has 0 spiro atoms. The van der Waals surface area contributed by atoms with Crippen LogP contribution >= 0.6 is 0 Å². The standard InChI is InChI=1S/C28H38FN5O3/c1-22-19-30-21-33(22)16-7-14-31-28(35)34(20-23-8-10-24(29)11-9-23)25-12-13-26(27(18-25)36-4)37-17-6-5-15-32(2)3/h8-13,18-19,21H,5-7,14-17,20H2,1-4H3,(H,31,35). The van der Waals surface area contributed by atoms with E-state index in [1.165, 1.54) is 12.1 Å². The highest BCUT2D eigenvalue weighted by Crippen LogP contribution is 2.32. The van der Waals surface area contributed by atoms with E-state index >= 15 is 0 Å². The first-order valence-corrected chi connectivity index (χ1v) is 12.6. The molecule has 0 aliphatic carbocycles. The van der Waals surface area contributed by atoms with Gasteiger partial charge in [0.2, 0.25) is 0 Å². The average Bonchev–Trinajstić information content (AvgIpc) is 3.30. The fourth-order valence-corrected chi connectivity index (χ4v) is 3.87. The van der Waals surface area contributed by atoms with Crippen LogP contribution in [0, 0.1) is 12.7 Å². The van der Waals surface area contributed by atoms with Crippen molar-refractivity contribution in [2.75, 3.05) is 45.8 Å². The van der Waals surface area contributed by atoms with Gasteiger partial charge in [0.15, 0.2) is 11.5 Å². The smallest absolute Gasteiger partial charge is 0.322 e. The lowest BCUT2D eigenvalue weighted by Gasteiger charge is -2.24. The summed E-state index contributed by atoms with van der Waals surface area (Å²) in [7, 11) is 5.69.